The Morgan fingerprint density at radius 1 is 1.52 bits per heavy atom. The lowest BCUT2D eigenvalue weighted by atomic mass is 9.76. The van der Waals surface area contributed by atoms with Crippen LogP contribution < -0.4 is 0 Å². The van der Waals surface area contributed by atoms with E-state index in [1.165, 1.54) is 23.2 Å². The van der Waals surface area contributed by atoms with E-state index in [1.807, 2.05) is 6.92 Å². The molecule has 1 N–H and O–H groups in total. The summed E-state index contributed by atoms with van der Waals surface area (Å²) in [7, 11) is 0. The molecule has 2 heterocycles. The highest BCUT2D eigenvalue weighted by Crippen LogP contribution is 2.35. The number of carboxylic acids is 1. The molecule has 2 rings (SSSR count). The van der Waals surface area contributed by atoms with Crippen molar-refractivity contribution in [2.24, 2.45) is 5.41 Å². The van der Waals surface area contributed by atoms with Gasteiger partial charge in [-0.2, -0.15) is 4.39 Å². The molecule has 0 aliphatic carbocycles. The van der Waals surface area contributed by atoms with Crippen molar-refractivity contribution in [2.75, 3.05) is 13.1 Å². The van der Waals surface area contributed by atoms with Crippen molar-refractivity contribution < 1.29 is 19.1 Å². The Labute approximate surface area is 122 Å². The number of amides is 1. The monoisotopic (exact) mass is 294 g/mol. The average Bonchev–Trinajstić information content (AvgIpc) is 2.47. The van der Waals surface area contributed by atoms with E-state index in [9.17, 15) is 19.1 Å². The molecule has 0 aromatic carbocycles. The molecule has 0 spiro atoms. The predicted octanol–water partition coefficient (Wildman–Crippen LogP) is 2.33. The summed E-state index contributed by atoms with van der Waals surface area (Å²) in [6.45, 7) is 2.50. The SMILES string of the molecule is CCCC1(C(=O)O)CCCN(C(=O)c2cccnc2F)C1. The van der Waals surface area contributed by atoms with Crippen LogP contribution in [0.5, 0.6) is 0 Å². The van der Waals surface area contributed by atoms with E-state index in [0.29, 0.717) is 25.8 Å². The van der Waals surface area contributed by atoms with Crippen LogP contribution >= 0.6 is 0 Å². The number of rotatable bonds is 4. The van der Waals surface area contributed by atoms with E-state index in [-0.39, 0.29) is 12.1 Å². The largest absolute Gasteiger partial charge is 0.481 e. The highest BCUT2D eigenvalue weighted by Gasteiger charge is 2.43. The Morgan fingerprint density at radius 3 is 2.90 bits per heavy atom. The molecule has 1 saturated heterocycles. The van der Waals surface area contributed by atoms with Gasteiger partial charge in [0.25, 0.3) is 5.91 Å². The van der Waals surface area contributed by atoms with Crippen LogP contribution in [0.3, 0.4) is 0 Å². The summed E-state index contributed by atoms with van der Waals surface area (Å²) in [6, 6.07) is 2.87. The van der Waals surface area contributed by atoms with Crippen LogP contribution in [0.2, 0.25) is 0 Å². The second-order valence-corrected chi connectivity index (χ2v) is 5.51. The molecule has 0 bridgehead atoms. The molecule has 1 aromatic rings. The number of hydrogen-bond donors (Lipinski definition) is 1. The molecule has 1 aliphatic heterocycles. The van der Waals surface area contributed by atoms with Crippen molar-refractivity contribution in [1.82, 2.24) is 9.88 Å². The summed E-state index contributed by atoms with van der Waals surface area (Å²) in [6.07, 6.45) is 3.69. The fourth-order valence-corrected chi connectivity index (χ4v) is 2.99. The molecule has 0 saturated carbocycles. The van der Waals surface area contributed by atoms with E-state index in [1.54, 1.807) is 0 Å². The number of likely N-dealkylation sites (tertiary alicyclic amines) is 1. The number of carbonyl (C=O) groups excluding carboxylic acids is 1. The zero-order chi connectivity index (χ0) is 15.5. The first-order valence-corrected chi connectivity index (χ1v) is 7.13. The quantitative estimate of drug-likeness (QED) is 0.865. The normalized spacial score (nSPS) is 22.1. The highest BCUT2D eigenvalue weighted by atomic mass is 19.1. The zero-order valence-corrected chi connectivity index (χ0v) is 12.0. The molecule has 1 fully saturated rings. The maximum absolute atomic E-state index is 13.6. The molecular formula is C15H19FN2O3. The minimum atomic E-state index is -0.915. The molecular weight excluding hydrogens is 275 g/mol. The van der Waals surface area contributed by atoms with Crippen LogP contribution in [0.25, 0.3) is 0 Å². The summed E-state index contributed by atoms with van der Waals surface area (Å²) in [5, 5.41) is 9.52. The standard InChI is InChI=1S/C15H19FN2O3/c1-2-6-15(14(20)21)7-4-9-18(10-15)13(19)11-5-3-8-17-12(11)16/h3,5,8H,2,4,6-7,9-10H2,1H3,(H,20,21). The molecule has 0 radical (unpaired) electrons. The van der Waals surface area contributed by atoms with Gasteiger partial charge in [0.15, 0.2) is 0 Å². The number of pyridine rings is 1. The summed E-state index contributed by atoms with van der Waals surface area (Å²) in [5.41, 5.74) is -1.02. The number of carbonyl (C=O) groups is 2. The van der Waals surface area contributed by atoms with Crippen LogP contribution in [-0.2, 0) is 4.79 Å². The predicted molar refractivity (Wildman–Crippen MR) is 74.3 cm³/mol. The van der Waals surface area contributed by atoms with Crippen molar-refractivity contribution in [1.29, 1.82) is 0 Å². The van der Waals surface area contributed by atoms with Gasteiger partial charge in [0.1, 0.15) is 0 Å². The van der Waals surface area contributed by atoms with E-state index in [2.05, 4.69) is 4.98 Å². The number of hydrogen-bond acceptors (Lipinski definition) is 3. The van der Waals surface area contributed by atoms with Crippen LogP contribution in [-0.4, -0.2) is 40.0 Å². The second kappa shape index (κ2) is 6.20. The highest BCUT2D eigenvalue weighted by molar-refractivity contribution is 5.94. The number of nitrogens with zero attached hydrogens (tertiary/aromatic N) is 2. The molecule has 1 unspecified atom stereocenters. The summed E-state index contributed by atoms with van der Waals surface area (Å²) >= 11 is 0. The Morgan fingerprint density at radius 2 is 2.29 bits per heavy atom. The second-order valence-electron chi connectivity index (χ2n) is 5.51. The Hall–Kier alpha value is -1.98. The third-order valence-corrected chi connectivity index (χ3v) is 4.04. The fourth-order valence-electron chi connectivity index (χ4n) is 2.99. The van der Waals surface area contributed by atoms with Crippen molar-refractivity contribution in [3.63, 3.8) is 0 Å². The summed E-state index contributed by atoms with van der Waals surface area (Å²) < 4.78 is 13.6. The van der Waals surface area contributed by atoms with Gasteiger partial charge in [-0.3, -0.25) is 9.59 Å². The molecule has 114 valence electrons. The Bertz CT molecular complexity index is 545. The van der Waals surface area contributed by atoms with Gasteiger partial charge in [-0.05, 0) is 31.4 Å². The minimum Gasteiger partial charge on any atom is -0.481 e. The van der Waals surface area contributed by atoms with Gasteiger partial charge in [0, 0.05) is 19.3 Å². The van der Waals surface area contributed by atoms with Gasteiger partial charge in [-0.1, -0.05) is 13.3 Å². The molecule has 1 aliphatic rings. The lowest BCUT2D eigenvalue weighted by Gasteiger charge is -2.39. The number of halogens is 1. The molecule has 1 amide bonds. The Balaban J connectivity index is 2.23. The lowest BCUT2D eigenvalue weighted by molar-refractivity contribution is -0.152. The van der Waals surface area contributed by atoms with E-state index < -0.39 is 23.2 Å². The first kappa shape index (κ1) is 15.4. The average molecular weight is 294 g/mol. The molecule has 5 nitrogen and oxygen atoms in total. The fraction of sp³-hybridized carbons (Fsp3) is 0.533. The summed E-state index contributed by atoms with van der Waals surface area (Å²) in [5.74, 6) is -2.18. The van der Waals surface area contributed by atoms with E-state index in [0.717, 1.165) is 6.42 Å². The minimum absolute atomic E-state index is 0.102. The number of aliphatic carboxylic acids is 1. The lowest BCUT2D eigenvalue weighted by Crippen LogP contribution is -2.50. The van der Waals surface area contributed by atoms with Gasteiger partial charge >= 0.3 is 5.97 Å². The van der Waals surface area contributed by atoms with Crippen LogP contribution in [0.15, 0.2) is 18.3 Å². The van der Waals surface area contributed by atoms with Crippen molar-refractivity contribution in [2.45, 2.75) is 32.6 Å². The first-order chi connectivity index (χ1) is 10.00. The molecule has 21 heavy (non-hydrogen) atoms. The number of carboxylic acid groups (broad SMARTS) is 1. The zero-order valence-electron chi connectivity index (χ0n) is 12.0. The maximum atomic E-state index is 13.6. The molecule has 1 atom stereocenters. The van der Waals surface area contributed by atoms with Gasteiger partial charge < -0.3 is 10.0 Å². The van der Waals surface area contributed by atoms with E-state index >= 15 is 0 Å². The topological polar surface area (TPSA) is 70.5 Å². The van der Waals surface area contributed by atoms with Crippen LogP contribution in [0.4, 0.5) is 4.39 Å². The smallest absolute Gasteiger partial charge is 0.311 e. The Kier molecular flexibility index (Phi) is 4.55. The van der Waals surface area contributed by atoms with Crippen LogP contribution in [0.1, 0.15) is 43.0 Å². The van der Waals surface area contributed by atoms with Crippen molar-refractivity contribution in [3.8, 4) is 0 Å². The third kappa shape index (κ3) is 3.04. The van der Waals surface area contributed by atoms with Gasteiger partial charge in [0.05, 0.1) is 11.0 Å². The van der Waals surface area contributed by atoms with E-state index in [4.69, 9.17) is 0 Å². The molecule has 1 aromatic heterocycles. The third-order valence-electron chi connectivity index (χ3n) is 4.04. The van der Waals surface area contributed by atoms with Gasteiger partial charge in [-0.25, -0.2) is 4.98 Å². The number of piperidine rings is 1. The van der Waals surface area contributed by atoms with Crippen molar-refractivity contribution in [3.05, 3.63) is 29.8 Å². The molecule has 6 heteroatoms. The van der Waals surface area contributed by atoms with Gasteiger partial charge in [-0.15, -0.1) is 0 Å². The summed E-state index contributed by atoms with van der Waals surface area (Å²) in [4.78, 5) is 28.9. The first-order valence-electron chi connectivity index (χ1n) is 7.13. The van der Waals surface area contributed by atoms with Gasteiger partial charge in [0.2, 0.25) is 5.95 Å². The maximum Gasteiger partial charge on any atom is 0.311 e. The number of aromatic nitrogens is 1. The van der Waals surface area contributed by atoms with Crippen LogP contribution in [0, 0.1) is 11.4 Å². The van der Waals surface area contributed by atoms with Crippen molar-refractivity contribution >= 4 is 11.9 Å².